The van der Waals surface area contributed by atoms with Crippen molar-refractivity contribution in [3.05, 3.63) is 54.0 Å². The fraction of sp³-hybridized carbons (Fsp3) is 0.267. The lowest BCUT2D eigenvalue weighted by molar-refractivity contribution is -0.0258. The number of carbonyl (C=O) groups is 1. The van der Waals surface area contributed by atoms with Crippen LogP contribution in [-0.2, 0) is 14.9 Å². The number of nitrogens with one attached hydrogen (secondary N) is 1. The fourth-order valence-electron chi connectivity index (χ4n) is 1.91. The summed E-state index contributed by atoms with van der Waals surface area (Å²) < 4.78 is 30.1. The van der Waals surface area contributed by atoms with Crippen molar-refractivity contribution >= 4 is 15.9 Å². The van der Waals surface area contributed by atoms with Crippen molar-refractivity contribution in [1.82, 2.24) is 9.79 Å². The van der Waals surface area contributed by atoms with Gasteiger partial charge in [0.25, 0.3) is 15.9 Å². The van der Waals surface area contributed by atoms with Gasteiger partial charge in [-0.1, -0.05) is 4.47 Å². The molecule has 0 saturated heterocycles. The molecule has 1 aromatic carbocycles. The van der Waals surface area contributed by atoms with Gasteiger partial charge in [-0.25, -0.2) is 8.42 Å². The summed E-state index contributed by atoms with van der Waals surface area (Å²) in [6.45, 7) is 1.79. The molecule has 0 spiro atoms. The number of furan rings is 1. The smallest absolute Gasteiger partial charge is 0.264 e. The molecule has 1 heterocycles. The molecule has 8 heteroatoms. The molecule has 2 rings (SSSR count). The van der Waals surface area contributed by atoms with Crippen molar-refractivity contribution in [2.45, 2.75) is 17.9 Å². The lowest BCUT2D eigenvalue weighted by atomic mass is 10.2. The molecular weight excluding hydrogens is 320 g/mol. The van der Waals surface area contributed by atoms with Crippen LogP contribution in [0.1, 0.15) is 29.1 Å². The van der Waals surface area contributed by atoms with E-state index in [-0.39, 0.29) is 16.8 Å². The van der Waals surface area contributed by atoms with Gasteiger partial charge in [0.05, 0.1) is 24.3 Å². The molecule has 0 bridgehead atoms. The third-order valence-electron chi connectivity index (χ3n) is 3.33. The molecule has 1 aromatic heterocycles. The average Bonchev–Trinajstić information content (AvgIpc) is 3.08. The third-order valence-corrected chi connectivity index (χ3v) is 5.02. The van der Waals surface area contributed by atoms with Crippen LogP contribution in [0.3, 0.4) is 0 Å². The number of carbonyl (C=O) groups excluding carboxylic acids is 1. The molecule has 23 heavy (non-hydrogen) atoms. The number of nitrogens with zero attached hydrogens (tertiary/aromatic N) is 1. The van der Waals surface area contributed by atoms with Crippen molar-refractivity contribution in [2.24, 2.45) is 0 Å². The van der Waals surface area contributed by atoms with Crippen LogP contribution >= 0.6 is 0 Å². The summed E-state index contributed by atoms with van der Waals surface area (Å²) in [5.74, 6) is 0.317. The van der Waals surface area contributed by atoms with Gasteiger partial charge >= 0.3 is 0 Å². The molecule has 0 radical (unpaired) electrons. The maximum Gasteiger partial charge on any atom is 0.264 e. The largest absolute Gasteiger partial charge is 0.467 e. The summed E-state index contributed by atoms with van der Waals surface area (Å²) >= 11 is 0. The minimum atomic E-state index is -3.73. The Morgan fingerprint density at radius 1 is 1.26 bits per heavy atom. The van der Waals surface area contributed by atoms with Crippen molar-refractivity contribution in [1.29, 1.82) is 0 Å². The predicted octanol–water partition coefficient (Wildman–Crippen LogP) is 1.95. The Balaban J connectivity index is 2.12. The molecule has 0 fully saturated rings. The van der Waals surface area contributed by atoms with E-state index < -0.39 is 10.0 Å². The molecular formula is C15H18N2O5S. The van der Waals surface area contributed by atoms with E-state index in [4.69, 9.17) is 9.25 Å². The van der Waals surface area contributed by atoms with E-state index >= 15 is 0 Å². The highest BCUT2D eigenvalue weighted by atomic mass is 32.2. The second-order valence-electron chi connectivity index (χ2n) is 4.83. The van der Waals surface area contributed by atoms with Crippen LogP contribution in [0.4, 0.5) is 0 Å². The number of amides is 1. The molecule has 0 aliphatic rings. The number of benzene rings is 1. The summed E-state index contributed by atoms with van der Waals surface area (Å²) in [5.41, 5.74) is 0.349. The maximum absolute atomic E-state index is 12.2. The first kappa shape index (κ1) is 17.2. The van der Waals surface area contributed by atoms with Gasteiger partial charge in [-0.3, -0.25) is 9.63 Å². The number of sulfonamides is 1. The number of hydrogen-bond donors (Lipinski definition) is 1. The summed E-state index contributed by atoms with van der Waals surface area (Å²) in [4.78, 5) is 16.9. The Kier molecular flexibility index (Phi) is 5.19. The molecule has 0 aliphatic heterocycles. The zero-order valence-electron chi connectivity index (χ0n) is 13.0. The van der Waals surface area contributed by atoms with E-state index in [0.717, 1.165) is 4.47 Å². The molecule has 0 aliphatic carbocycles. The molecule has 1 atom stereocenters. The van der Waals surface area contributed by atoms with Crippen LogP contribution < -0.4 is 5.32 Å². The van der Waals surface area contributed by atoms with Gasteiger partial charge in [0.2, 0.25) is 0 Å². The van der Waals surface area contributed by atoms with Crippen molar-refractivity contribution < 1.29 is 22.5 Å². The Labute approximate surface area is 134 Å². The molecule has 0 unspecified atom stereocenters. The van der Waals surface area contributed by atoms with E-state index in [2.05, 4.69) is 5.32 Å². The van der Waals surface area contributed by atoms with Crippen LogP contribution in [0.2, 0.25) is 0 Å². The molecule has 7 nitrogen and oxygen atoms in total. The first-order valence-corrected chi connectivity index (χ1v) is 8.27. The SMILES string of the molecule is CON(C)S(=O)(=O)c1ccc(C(=O)N[C@H](C)c2ccco2)cc1. The van der Waals surface area contributed by atoms with Gasteiger partial charge in [-0.05, 0) is 43.3 Å². The lowest BCUT2D eigenvalue weighted by Crippen LogP contribution is -2.27. The summed E-state index contributed by atoms with van der Waals surface area (Å²) in [6.07, 6.45) is 1.53. The second kappa shape index (κ2) is 6.95. The van der Waals surface area contributed by atoms with E-state index in [1.54, 1.807) is 19.1 Å². The number of rotatable bonds is 6. The number of hydrogen-bond acceptors (Lipinski definition) is 5. The van der Waals surface area contributed by atoms with E-state index in [0.29, 0.717) is 11.3 Å². The predicted molar refractivity (Wildman–Crippen MR) is 83.0 cm³/mol. The highest BCUT2D eigenvalue weighted by Crippen LogP contribution is 2.17. The van der Waals surface area contributed by atoms with Crippen LogP contribution in [0.25, 0.3) is 0 Å². The molecule has 2 aromatic rings. The molecule has 1 N–H and O–H groups in total. The number of hydroxylamine groups is 1. The average molecular weight is 338 g/mol. The van der Waals surface area contributed by atoms with Gasteiger partial charge in [-0.15, -0.1) is 0 Å². The van der Waals surface area contributed by atoms with Crippen molar-refractivity contribution in [3.63, 3.8) is 0 Å². The van der Waals surface area contributed by atoms with Crippen LogP contribution in [0.15, 0.2) is 52.0 Å². The minimum absolute atomic E-state index is 0.0393. The highest BCUT2D eigenvalue weighted by molar-refractivity contribution is 7.89. The third kappa shape index (κ3) is 3.79. The molecule has 124 valence electrons. The van der Waals surface area contributed by atoms with E-state index in [1.807, 2.05) is 0 Å². The quantitative estimate of drug-likeness (QED) is 0.813. The molecule has 0 saturated carbocycles. The van der Waals surface area contributed by atoms with Crippen LogP contribution in [0, 0.1) is 0 Å². The maximum atomic E-state index is 12.2. The Morgan fingerprint density at radius 2 is 1.91 bits per heavy atom. The summed E-state index contributed by atoms with van der Waals surface area (Å²) in [7, 11) is -1.17. The summed E-state index contributed by atoms with van der Waals surface area (Å²) in [6, 6.07) is 8.82. The zero-order valence-corrected chi connectivity index (χ0v) is 13.8. The fourth-order valence-corrected chi connectivity index (χ4v) is 2.89. The van der Waals surface area contributed by atoms with Gasteiger partial charge in [0.1, 0.15) is 5.76 Å². The Bertz CT molecular complexity index is 754. The van der Waals surface area contributed by atoms with Gasteiger partial charge < -0.3 is 9.73 Å². The van der Waals surface area contributed by atoms with Crippen molar-refractivity contribution in [2.75, 3.05) is 14.2 Å². The van der Waals surface area contributed by atoms with Crippen LogP contribution in [-0.4, -0.2) is 33.0 Å². The van der Waals surface area contributed by atoms with E-state index in [9.17, 15) is 13.2 Å². The van der Waals surface area contributed by atoms with Crippen molar-refractivity contribution in [3.8, 4) is 0 Å². The molecule has 1 amide bonds. The standard InChI is InChI=1S/C15H18N2O5S/c1-11(14-5-4-10-22-14)16-15(18)12-6-8-13(9-7-12)23(19,20)17(2)21-3/h4-11H,1-3H3,(H,16,18)/t11-/m1/s1. The summed E-state index contributed by atoms with van der Waals surface area (Å²) in [5, 5.41) is 2.77. The highest BCUT2D eigenvalue weighted by Gasteiger charge is 2.21. The Morgan fingerprint density at radius 3 is 2.43 bits per heavy atom. The monoisotopic (exact) mass is 338 g/mol. The van der Waals surface area contributed by atoms with Crippen LogP contribution in [0.5, 0.6) is 0 Å². The van der Waals surface area contributed by atoms with E-state index in [1.165, 1.54) is 44.7 Å². The topological polar surface area (TPSA) is 88.8 Å². The first-order chi connectivity index (χ1) is 10.9. The zero-order chi connectivity index (χ0) is 17.0. The van der Waals surface area contributed by atoms with Gasteiger partial charge in [-0.2, -0.15) is 0 Å². The Hall–Kier alpha value is -2.16. The van der Waals surface area contributed by atoms with Gasteiger partial charge in [0, 0.05) is 12.6 Å². The second-order valence-corrected chi connectivity index (χ2v) is 6.77. The first-order valence-electron chi connectivity index (χ1n) is 6.83. The van der Waals surface area contributed by atoms with Gasteiger partial charge in [0.15, 0.2) is 0 Å². The minimum Gasteiger partial charge on any atom is -0.467 e. The lowest BCUT2D eigenvalue weighted by Gasteiger charge is -2.15. The normalized spacial score (nSPS) is 13.0.